The second-order valence-corrected chi connectivity index (χ2v) is 5.29. The fraction of sp³-hybridized carbons (Fsp3) is 0.250. The van der Waals surface area contributed by atoms with Gasteiger partial charge in [-0.25, -0.2) is 0 Å². The zero-order valence-electron chi connectivity index (χ0n) is 10.9. The molecule has 1 atom stereocenters. The van der Waals surface area contributed by atoms with Crippen molar-refractivity contribution in [2.45, 2.75) is 18.9 Å². The number of hydrogen-bond donors (Lipinski definition) is 1. The zero-order valence-corrected chi connectivity index (χ0v) is 12.4. The van der Waals surface area contributed by atoms with Gasteiger partial charge in [0.15, 0.2) is 0 Å². The van der Waals surface area contributed by atoms with Gasteiger partial charge in [0.1, 0.15) is 0 Å². The van der Waals surface area contributed by atoms with Gasteiger partial charge in [0.2, 0.25) is 0 Å². The summed E-state index contributed by atoms with van der Waals surface area (Å²) < 4.78 is 0. The number of aryl methyl sites for hydroxylation is 1. The average molecular weight is 294 g/mol. The molecule has 0 spiro atoms. The SMILES string of the molecule is CNC(CCc1cccc(Cl)c1Cl)c1ccccc1. The van der Waals surface area contributed by atoms with E-state index in [0.29, 0.717) is 16.1 Å². The minimum absolute atomic E-state index is 0.330. The van der Waals surface area contributed by atoms with E-state index in [-0.39, 0.29) is 0 Å². The van der Waals surface area contributed by atoms with Gasteiger partial charge in [0, 0.05) is 6.04 Å². The van der Waals surface area contributed by atoms with Crippen LogP contribution in [0.15, 0.2) is 48.5 Å². The van der Waals surface area contributed by atoms with Gasteiger partial charge in [0.25, 0.3) is 0 Å². The molecule has 19 heavy (non-hydrogen) atoms. The van der Waals surface area contributed by atoms with Gasteiger partial charge in [-0.1, -0.05) is 65.7 Å². The van der Waals surface area contributed by atoms with Crippen molar-refractivity contribution in [1.82, 2.24) is 5.32 Å². The van der Waals surface area contributed by atoms with Crippen LogP contribution in [0.5, 0.6) is 0 Å². The molecule has 2 aromatic carbocycles. The van der Waals surface area contributed by atoms with E-state index < -0.39 is 0 Å². The van der Waals surface area contributed by atoms with Gasteiger partial charge in [-0.2, -0.15) is 0 Å². The third-order valence-corrected chi connectivity index (χ3v) is 4.14. The van der Waals surface area contributed by atoms with Gasteiger partial charge in [-0.05, 0) is 37.1 Å². The highest BCUT2D eigenvalue weighted by atomic mass is 35.5. The number of halogens is 2. The fourth-order valence-electron chi connectivity index (χ4n) is 2.20. The Balaban J connectivity index is 2.06. The van der Waals surface area contributed by atoms with Crippen molar-refractivity contribution >= 4 is 23.2 Å². The lowest BCUT2D eigenvalue weighted by Gasteiger charge is -2.17. The van der Waals surface area contributed by atoms with E-state index in [0.717, 1.165) is 18.4 Å². The molecular formula is C16H17Cl2N. The lowest BCUT2D eigenvalue weighted by Crippen LogP contribution is -2.17. The fourth-order valence-corrected chi connectivity index (χ4v) is 2.62. The van der Waals surface area contributed by atoms with Crippen LogP contribution >= 0.6 is 23.2 Å². The Morgan fingerprint density at radius 3 is 2.42 bits per heavy atom. The molecule has 0 fully saturated rings. The number of nitrogens with one attached hydrogen (secondary N) is 1. The second-order valence-electron chi connectivity index (χ2n) is 4.50. The van der Waals surface area contributed by atoms with E-state index in [1.165, 1.54) is 5.56 Å². The predicted octanol–water partition coefficient (Wildman–Crippen LogP) is 4.89. The highest BCUT2D eigenvalue weighted by Gasteiger charge is 2.11. The monoisotopic (exact) mass is 293 g/mol. The third kappa shape index (κ3) is 3.73. The molecule has 0 bridgehead atoms. The Labute approximate surface area is 124 Å². The molecule has 2 aromatic rings. The summed E-state index contributed by atoms with van der Waals surface area (Å²) in [7, 11) is 1.98. The predicted molar refractivity (Wildman–Crippen MR) is 83.0 cm³/mol. The van der Waals surface area contributed by atoms with Crippen molar-refractivity contribution in [3.8, 4) is 0 Å². The zero-order chi connectivity index (χ0) is 13.7. The van der Waals surface area contributed by atoms with Gasteiger partial charge >= 0.3 is 0 Å². The van der Waals surface area contributed by atoms with E-state index in [4.69, 9.17) is 23.2 Å². The summed E-state index contributed by atoms with van der Waals surface area (Å²) in [5, 5.41) is 4.64. The Bertz CT molecular complexity index is 526. The number of hydrogen-bond acceptors (Lipinski definition) is 1. The molecule has 1 N–H and O–H groups in total. The molecular weight excluding hydrogens is 277 g/mol. The summed E-state index contributed by atoms with van der Waals surface area (Å²) in [5.41, 5.74) is 2.40. The maximum Gasteiger partial charge on any atom is 0.0624 e. The first-order valence-corrected chi connectivity index (χ1v) is 7.13. The van der Waals surface area contributed by atoms with Crippen molar-refractivity contribution in [3.63, 3.8) is 0 Å². The third-order valence-electron chi connectivity index (χ3n) is 3.28. The van der Waals surface area contributed by atoms with Crippen LogP contribution in [0.4, 0.5) is 0 Å². The molecule has 0 aliphatic heterocycles. The molecule has 0 saturated carbocycles. The normalized spacial score (nSPS) is 12.4. The Morgan fingerprint density at radius 1 is 1.00 bits per heavy atom. The standard InChI is InChI=1S/C16H17Cl2N/c1-19-15(12-6-3-2-4-7-12)11-10-13-8-5-9-14(17)16(13)18/h2-9,15,19H,10-11H2,1H3. The lowest BCUT2D eigenvalue weighted by atomic mass is 9.99. The largest absolute Gasteiger partial charge is 0.313 e. The molecule has 3 heteroatoms. The molecule has 2 rings (SSSR count). The van der Waals surface area contributed by atoms with Crippen LogP contribution in [0.1, 0.15) is 23.6 Å². The van der Waals surface area contributed by atoms with Crippen LogP contribution < -0.4 is 5.32 Å². The highest BCUT2D eigenvalue weighted by molar-refractivity contribution is 6.42. The van der Waals surface area contributed by atoms with Crippen LogP contribution in [0.3, 0.4) is 0 Å². The maximum absolute atomic E-state index is 6.21. The summed E-state index contributed by atoms with van der Waals surface area (Å²) in [6.45, 7) is 0. The van der Waals surface area contributed by atoms with Crippen molar-refractivity contribution < 1.29 is 0 Å². The second kappa shape index (κ2) is 6.95. The highest BCUT2D eigenvalue weighted by Crippen LogP contribution is 2.28. The first kappa shape index (κ1) is 14.4. The molecule has 0 aliphatic rings. The van der Waals surface area contributed by atoms with Gasteiger partial charge in [0.05, 0.1) is 10.0 Å². The average Bonchev–Trinajstić information content (AvgIpc) is 2.45. The van der Waals surface area contributed by atoms with Gasteiger partial charge in [-0.3, -0.25) is 0 Å². The molecule has 0 heterocycles. The summed E-state index contributed by atoms with van der Waals surface area (Å²) >= 11 is 12.2. The quantitative estimate of drug-likeness (QED) is 0.828. The molecule has 0 aliphatic carbocycles. The Kier molecular flexibility index (Phi) is 5.26. The van der Waals surface area contributed by atoms with E-state index >= 15 is 0 Å². The van der Waals surface area contributed by atoms with Crippen LogP contribution in [-0.2, 0) is 6.42 Å². The molecule has 0 aromatic heterocycles. The van der Waals surface area contributed by atoms with Gasteiger partial charge in [-0.15, -0.1) is 0 Å². The maximum atomic E-state index is 6.21. The molecule has 0 radical (unpaired) electrons. The summed E-state index contributed by atoms with van der Waals surface area (Å²) in [6.07, 6.45) is 1.89. The smallest absolute Gasteiger partial charge is 0.0624 e. The molecule has 0 saturated heterocycles. The van der Waals surface area contributed by atoms with Crippen LogP contribution in [0, 0.1) is 0 Å². The number of benzene rings is 2. The van der Waals surface area contributed by atoms with E-state index in [9.17, 15) is 0 Å². The van der Waals surface area contributed by atoms with E-state index in [1.807, 2.05) is 31.3 Å². The first-order chi connectivity index (χ1) is 9.22. The molecule has 1 unspecified atom stereocenters. The Hall–Kier alpha value is -1.02. The van der Waals surface area contributed by atoms with Crippen LogP contribution in [0.2, 0.25) is 10.0 Å². The van der Waals surface area contributed by atoms with E-state index in [2.05, 4.69) is 29.6 Å². The first-order valence-electron chi connectivity index (χ1n) is 6.37. The van der Waals surface area contributed by atoms with Crippen molar-refractivity contribution in [3.05, 3.63) is 69.7 Å². The minimum atomic E-state index is 0.330. The molecule has 100 valence electrons. The Morgan fingerprint density at radius 2 is 1.74 bits per heavy atom. The van der Waals surface area contributed by atoms with Crippen LogP contribution in [0.25, 0.3) is 0 Å². The van der Waals surface area contributed by atoms with Crippen LogP contribution in [-0.4, -0.2) is 7.05 Å². The van der Waals surface area contributed by atoms with Gasteiger partial charge < -0.3 is 5.32 Å². The topological polar surface area (TPSA) is 12.0 Å². The molecule has 0 amide bonds. The van der Waals surface area contributed by atoms with E-state index in [1.54, 1.807) is 0 Å². The lowest BCUT2D eigenvalue weighted by molar-refractivity contribution is 0.549. The molecule has 1 nitrogen and oxygen atoms in total. The van der Waals surface area contributed by atoms with Crippen molar-refractivity contribution in [2.24, 2.45) is 0 Å². The summed E-state index contributed by atoms with van der Waals surface area (Å²) in [5.74, 6) is 0. The minimum Gasteiger partial charge on any atom is -0.313 e. The van der Waals surface area contributed by atoms with Crippen molar-refractivity contribution in [2.75, 3.05) is 7.05 Å². The number of rotatable bonds is 5. The summed E-state index contributed by atoms with van der Waals surface area (Å²) in [6, 6.07) is 16.6. The van der Waals surface area contributed by atoms with Crippen molar-refractivity contribution in [1.29, 1.82) is 0 Å². The summed E-state index contributed by atoms with van der Waals surface area (Å²) in [4.78, 5) is 0.